The van der Waals surface area contributed by atoms with Crippen molar-refractivity contribution >= 4 is 17.2 Å². The number of carbonyl (C=O) groups excluding carboxylic acids is 1. The molecule has 15 heavy (non-hydrogen) atoms. The Bertz CT molecular complexity index is 406. The summed E-state index contributed by atoms with van der Waals surface area (Å²) in [4.78, 5) is 11.0. The van der Waals surface area contributed by atoms with E-state index in [0.717, 1.165) is 11.3 Å². The molecule has 0 saturated heterocycles. The van der Waals surface area contributed by atoms with Gasteiger partial charge < -0.3 is 5.73 Å². The van der Waals surface area contributed by atoms with Gasteiger partial charge in [-0.3, -0.25) is 4.79 Å². The maximum atomic E-state index is 12.8. The van der Waals surface area contributed by atoms with Crippen LogP contribution in [0.5, 0.6) is 0 Å². The topological polar surface area (TPSA) is 43.1 Å². The van der Waals surface area contributed by atoms with E-state index in [1.165, 1.54) is 11.4 Å². The third-order valence-electron chi connectivity index (χ3n) is 2.70. The molecule has 82 valence electrons. The normalized spacial score (nSPS) is 18.9. The van der Waals surface area contributed by atoms with Gasteiger partial charge in [-0.25, -0.2) is 0 Å². The van der Waals surface area contributed by atoms with Gasteiger partial charge in [-0.05, 0) is 29.9 Å². The van der Waals surface area contributed by atoms with Crippen LogP contribution in [0.15, 0.2) is 11.4 Å². The zero-order valence-corrected chi connectivity index (χ0v) is 8.41. The maximum Gasteiger partial charge on any atom is 0.398 e. The van der Waals surface area contributed by atoms with Gasteiger partial charge in [-0.1, -0.05) is 0 Å². The summed E-state index contributed by atoms with van der Waals surface area (Å²) in [5.41, 5.74) is 3.27. The van der Waals surface area contributed by atoms with Crippen LogP contribution in [0.4, 0.5) is 13.2 Å². The molecule has 2 N–H and O–H groups in total. The predicted molar refractivity (Wildman–Crippen MR) is 49.8 cm³/mol. The molecule has 1 heterocycles. The number of hydrogen-bond donors (Lipinski definition) is 1. The van der Waals surface area contributed by atoms with E-state index in [-0.39, 0.29) is 23.3 Å². The Morgan fingerprint density at radius 1 is 1.47 bits per heavy atom. The largest absolute Gasteiger partial charge is 0.398 e. The fraction of sp³-hybridized carbons (Fsp3) is 0.444. The molecule has 0 aliphatic heterocycles. The number of primary amides is 1. The minimum atomic E-state index is -4.29. The van der Waals surface area contributed by atoms with Gasteiger partial charge in [0.2, 0.25) is 0 Å². The molecule has 0 atom stereocenters. The molecule has 1 saturated carbocycles. The molecule has 0 bridgehead atoms. The Hall–Kier alpha value is -1.04. The molecule has 1 aromatic heterocycles. The van der Waals surface area contributed by atoms with Crippen molar-refractivity contribution in [1.29, 1.82) is 0 Å². The van der Waals surface area contributed by atoms with Crippen molar-refractivity contribution in [2.24, 2.45) is 5.73 Å². The van der Waals surface area contributed by atoms with Gasteiger partial charge in [0.15, 0.2) is 0 Å². The van der Waals surface area contributed by atoms with Crippen molar-refractivity contribution in [1.82, 2.24) is 0 Å². The van der Waals surface area contributed by atoms with E-state index < -0.39 is 17.5 Å². The van der Waals surface area contributed by atoms with E-state index in [1.807, 2.05) is 0 Å². The highest BCUT2D eigenvalue weighted by Crippen LogP contribution is 2.60. The molecule has 1 aliphatic rings. The summed E-state index contributed by atoms with van der Waals surface area (Å²) in [6.45, 7) is 0. The van der Waals surface area contributed by atoms with Gasteiger partial charge >= 0.3 is 6.18 Å². The number of amides is 1. The average Bonchev–Trinajstić information content (AvgIpc) is 2.76. The minimum Gasteiger partial charge on any atom is -0.365 e. The lowest BCUT2D eigenvalue weighted by molar-refractivity contribution is -0.160. The highest BCUT2D eigenvalue weighted by Gasteiger charge is 2.65. The molecule has 1 aliphatic carbocycles. The van der Waals surface area contributed by atoms with Gasteiger partial charge in [-0.2, -0.15) is 13.2 Å². The van der Waals surface area contributed by atoms with Crippen molar-refractivity contribution in [3.05, 3.63) is 21.9 Å². The van der Waals surface area contributed by atoms with Crippen molar-refractivity contribution in [3.8, 4) is 0 Å². The standard InChI is InChI=1S/C9H8F3NOS/c10-9(11,12)8(2-3-8)5-1-4-15-6(5)7(13)14/h1,4H,2-3H2,(H2,13,14). The van der Waals surface area contributed by atoms with Gasteiger partial charge in [0.1, 0.15) is 0 Å². The van der Waals surface area contributed by atoms with Crippen LogP contribution in [0.25, 0.3) is 0 Å². The summed E-state index contributed by atoms with van der Waals surface area (Å²) in [5, 5.41) is 1.47. The molecule has 1 fully saturated rings. The Morgan fingerprint density at radius 3 is 2.47 bits per heavy atom. The molecule has 0 radical (unpaired) electrons. The second-order valence-corrected chi connectivity index (χ2v) is 4.52. The maximum absolute atomic E-state index is 12.8. The lowest BCUT2D eigenvalue weighted by Gasteiger charge is -2.19. The zero-order valence-electron chi connectivity index (χ0n) is 7.60. The third kappa shape index (κ3) is 1.43. The van der Waals surface area contributed by atoms with Crippen LogP contribution < -0.4 is 5.73 Å². The first kappa shape index (κ1) is 10.5. The van der Waals surface area contributed by atoms with Crippen LogP contribution in [0.3, 0.4) is 0 Å². The average molecular weight is 235 g/mol. The smallest absolute Gasteiger partial charge is 0.365 e. The fourth-order valence-corrected chi connectivity index (χ4v) is 2.55. The van der Waals surface area contributed by atoms with E-state index in [1.54, 1.807) is 0 Å². The number of carbonyl (C=O) groups is 1. The Morgan fingerprint density at radius 2 is 2.07 bits per heavy atom. The lowest BCUT2D eigenvalue weighted by atomic mass is 9.96. The van der Waals surface area contributed by atoms with Crippen LogP contribution in [-0.4, -0.2) is 12.1 Å². The van der Waals surface area contributed by atoms with Gasteiger partial charge in [0.25, 0.3) is 5.91 Å². The number of hydrogen-bond acceptors (Lipinski definition) is 2. The van der Waals surface area contributed by atoms with Crippen molar-refractivity contribution in [3.63, 3.8) is 0 Å². The molecule has 6 heteroatoms. The summed E-state index contributed by atoms with van der Waals surface area (Å²) >= 11 is 0.966. The number of rotatable bonds is 2. The van der Waals surface area contributed by atoms with Crippen LogP contribution >= 0.6 is 11.3 Å². The number of alkyl halides is 3. The summed E-state index contributed by atoms with van der Waals surface area (Å²) in [6.07, 6.45) is -4.20. The first-order valence-electron chi connectivity index (χ1n) is 4.33. The molecular weight excluding hydrogens is 227 g/mol. The van der Waals surface area contributed by atoms with Gasteiger partial charge in [0.05, 0.1) is 10.3 Å². The van der Waals surface area contributed by atoms with Crippen LogP contribution in [0.2, 0.25) is 0 Å². The second-order valence-electron chi connectivity index (χ2n) is 3.61. The van der Waals surface area contributed by atoms with Crippen LogP contribution in [-0.2, 0) is 5.41 Å². The molecule has 2 nitrogen and oxygen atoms in total. The first-order chi connectivity index (χ1) is 6.88. The quantitative estimate of drug-likeness (QED) is 0.840. The summed E-state index contributed by atoms with van der Waals surface area (Å²) in [5.74, 6) is -0.782. The Balaban J connectivity index is 2.47. The molecule has 1 aromatic rings. The molecular formula is C9H8F3NOS. The molecule has 0 aromatic carbocycles. The summed E-state index contributed by atoms with van der Waals surface area (Å²) in [7, 11) is 0. The van der Waals surface area contributed by atoms with Crippen LogP contribution in [0, 0.1) is 0 Å². The minimum absolute atomic E-state index is 0.0322. The Labute approximate surface area is 87.9 Å². The highest BCUT2D eigenvalue weighted by atomic mass is 32.1. The molecule has 0 spiro atoms. The van der Waals surface area contributed by atoms with E-state index in [9.17, 15) is 18.0 Å². The van der Waals surface area contributed by atoms with E-state index in [0.29, 0.717) is 0 Å². The van der Waals surface area contributed by atoms with Crippen molar-refractivity contribution < 1.29 is 18.0 Å². The highest BCUT2D eigenvalue weighted by molar-refractivity contribution is 7.12. The second kappa shape index (κ2) is 2.98. The number of nitrogens with two attached hydrogens (primary N) is 1. The van der Waals surface area contributed by atoms with E-state index in [2.05, 4.69) is 0 Å². The predicted octanol–water partition coefficient (Wildman–Crippen LogP) is 2.44. The molecule has 0 unspecified atom stereocenters. The van der Waals surface area contributed by atoms with Crippen LogP contribution in [0.1, 0.15) is 28.1 Å². The monoisotopic (exact) mass is 235 g/mol. The van der Waals surface area contributed by atoms with E-state index in [4.69, 9.17) is 5.73 Å². The summed E-state index contributed by atoms with van der Waals surface area (Å²) < 4.78 is 38.3. The van der Waals surface area contributed by atoms with Gasteiger partial charge in [0, 0.05) is 0 Å². The van der Waals surface area contributed by atoms with E-state index >= 15 is 0 Å². The zero-order chi connectivity index (χ0) is 11.3. The molecule has 2 rings (SSSR count). The van der Waals surface area contributed by atoms with Gasteiger partial charge in [-0.15, -0.1) is 11.3 Å². The first-order valence-corrected chi connectivity index (χ1v) is 5.21. The number of halogens is 3. The Kier molecular flexibility index (Phi) is 2.08. The molecule has 1 amide bonds. The SMILES string of the molecule is NC(=O)c1sccc1C1(C(F)(F)F)CC1. The summed E-state index contributed by atoms with van der Waals surface area (Å²) in [6, 6.07) is 1.35. The fourth-order valence-electron chi connectivity index (χ4n) is 1.71. The number of thiophene rings is 1. The van der Waals surface area contributed by atoms with Crippen molar-refractivity contribution in [2.75, 3.05) is 0 Å². The lowest BCUT2D eigenvalue weighted by Crippen LogP contribution is -2.30. The van der Waals surface area contributed by atoms with Crippen molar-refractivity contribution in [2.45, 2.75) is 24.4 Å². The third-order valence-corrected chi connectivity index (χ3v) is 3.63.